The van der Waals surface area contributed by atoms with Crippen LogP contribution in [0.1, 0.15) is 17.3 Å². The lowest BCUT2D eigenvalue weighted by molar-refractivity contribution is 0.101. The molecule has 2 aromatic rings. The highest BCUT2D eigenvalue weighted by atomic mass is 16.3. The minimum Gasteiger partial charge on any atom is -0.468 e. The van der Waals surface area contributed by atoms with E-state index in [1.54, 1.807) is 6.26 Å². The Labute approximate surface area is 112 Å². The van der Waals surface area contributed by atoms with Gasteiger partial charge >= 0.3 is 0 Å². The summed E-state index contributed by atoms with van der Waals surface area (Å²) < 4.78 is 10.9. The Morgan fingerprint density at radius 1 is 1.26 bits per heavy atom. The van der Waals surface area contributed by atoms with Crippen molar-refractivity contribution >= 4 is 0 Å². The predicted octanol–water partition coefficient (Wildman–Crippen LogP) is 1.50. The molecule has 19 heavy (non-hydrogen) atoms. The summed E-state index contributed by atoms with van der Waals surface area (Å²) in [4.78, 5) is 2.05. The van der Waals surface area contributed by atoms with E-state index in [-0.39, 0.29) is 6.54 Å². The fourth-order valence-electron chi connectivity index (χ4n) is 1.97. The fraction of sp³-hybridized carbons (Fsp3) is 0.429. The van der Waals surface area contributed by atoms with E-state index in [0.717, 1.165) is 17.3 Å². The molecule has 5 nitrogen and oxygen atoms in total. The molecule has 0 aliphatic carbocycles. The standard InChI is InChI=1S/C14H20N2O3/c1-11-4-5-14(19-11)10-16(8-12(17)7-15)9-13-3-2-6-18-13/h2-6,12,17H,7-10,15H2,1H3. The molecule has 0 aliphatic rings. The first kappa shape index (κ1) is 13.9. The number of aliphatic hydroxyl groups is 1. The number of hydrogen-bond donors (Lipinski definition) is 2. The van der Waals surface area contributed by atoms with Gasteiger partial charge in [-0.25, -0.2) is 0 Å². The van der Waals surface area contributed by atoms with Gasteiger partial charge in [-0.3, -0.25) is 4.90 Å². The summed E-state index contributed by atoms with van der Waals surface area (Å²) in [6, 6.07) is 7.64. The van der Waals surface area contributed by atoms with Crippen LogP contribution in [0.15, 0.2) is 39.4 Å². The molecule has 0 aromatic carbocycles. The molecule has 0 aliphatic heterocycles. The number of nitrogens with zero attached hydrogens (tertiary/aromatic N) is 1. The Bertz CT molecular complexity index is 479. The third-order valence-corrected chi connectivity index (χ3v) is 2.88. The monoisotopic (exact) mass is 264 g/mol. The number of hydrogen-bond acceptors (Lipinski definition) is 5. The van der Waals surface area contributed by atoms with Crippen LogP contribution in [-0.4, -0.2) is 29.2 Å². The Hall–Kier alpha value is -1.56. The number of rotatable bonds is 7. The van der Waals surface area contributed by atoms with E-state index in [1.807, 2.05) is 31.2 Å². The maximum absolute atomic E-state index is 9.71. The number of aliphatic hydroxyl groups excluding tert-OH is 1. The maximum Gasteiger partial charge on any atom is 0.118 e. The van der Waals surface area contributed by atoms with Gasteiger partial charge < -0.3 is 19.7 Å². The van der Waals surface area contributed by atoms with Gasteiger partial charge in [0, 0.05) is 13.1 Å². The molecule has 0 saturated carbocycles. The Morgan fingerprint density at radius 3 is 2.63 bits per heavy atom. The van der Waals surface area contributed by atoms with E-state index in [4.69, 9.17) is 14.6 Å². The zero-order valence-electron chi connectivity index (χ0n) is 11.1. The molecule has 1 atom stereocenters. The van der Waals surface area contributed by atoms with Gasteiger partial charge in [0.05, 0.1) is 25.5 Å². The highest BCUT2D eigenvalue weighted by molar-refractivity contribution is 5.06. The lowest BCUT2D eigenvalue weighted by Crippen LogP contribution is -2.35. The second-order valence-corrected chi connectivity index (χ2v) is 4.65. The summed E-state index contributed by atoms with van der Waals surface area (Å²) in [5.41, 5.74) is 5.47. The van der Waals surface area contributed by atoms with E-state index in [0.29, 0.717) is 19.6 Å². The first-order valence-corrected chi connectivity index (χ1v) is 6.35. The summed E-state index contributed by atoms with van der Waals surface area (Å²) >= 11 is 0. The summed E-state index contributed by atoms with van der Waals surface area (Å²) in [6.45, 7) is 3.87. The van der Waals surface area contributed by atoms with E-state index in [9.17, 15) is 5.11 Å². The predicted molar refractivity (Wildman–Crippen MR) is 71.3 cm³/mol. The van der Waals surface area contributed by atoms with Gasteiger partial charge in [-0.1, -0.05) is 0 Å². The molecule has 2 rings (SSSR count). The highest BCUT2D eigenvalue weighted by Gasteiger charge is 2.14. The van der Waals surface area contributed by atoms with Crippen molar-refractivity contribution in [1.29, 1.82) is 0 Å². The van der Waals surface area contributed by atoms with Crippen molar-refractivity contribution in [2.24, 2.45) is 5.73 Å². The van der Waals surface area contributed by atoms with Crippen molar-refractivity contribution in [2.45, 2.75) is 26.1 Å². The van der Waals surface area contributed by atoms with E-state index in [1.165, 1.54) is 0 Å². The van der Waals surface area contributed by atoms with Crippen molar-refractivity contribution in [3.05, 3.63) is 47.8 Å². The summed E-state index contributed by atoms with van der Waals surface area (Å²) in [5, 5.41) is 9.71. The van der Waals surface area contributed by atoms with Crippen LogP contribution in [0.3, 0.4) is 0 Å². The van der Waals surface area contributed by atoms with Gasteiger partial charge in [0.2, 0.25) is 0 Å². The molecular formula is C14H20N2O3. The minimum atomic E-state index is -0.550. The Morgan fingerprint density at radius 2 is 2.05 bits per heavy atom. The summed E-state index contributed by atoms with van der Waals surface area (Å²) in [7, 11) is 0. The topological polar surface area (TPSA) is 75.8 Å². The molecule has 0 fully saturated rings. The number of nitrogens with two attached hydrogens (primary N) is 1. The van der Waals surface area contributed by atoms with Crippen molar-refractivity contribution < 1.29 is 13.9 Å². The van der Waals surface area contributed by atoms with Crippen LogP contribution in [0.25, 0.3) is 0 Å². The molecule has 2 aromatic heterocycles. The second kappa shape index (κ2) is 6.56. The van der Waals surface area contributed by atoms with Crippen LogP contribution in [0.5, 0.6) is 0 Å². The quantitative estimate of drug-likeness (QED) is 0.792. The molecule has 2 heterocycles. The summed E-state index contributed by atoms with van der Waals surface area (Å²) in [6.07, 6.45) is 1.09. The van der Waals surface area contributed by atoms with Gasteiger partial charge in [-0.05, 0) is 31.2 Å². The summed E-state index contributed by atoms with van der Waals surface area (Å²) in [5.74, 6) is 2.60. The SMILES string of the molecule is Cc1ccc(CN(Cc2ccco2)CC(O)CN)o1. The van der Waals surface area contributed by atoms with Crippen LogP contribution in [-0.2, 0) is 13.1 Å². The van der Waals surface area contributed by atoms with E-state index >= 15 is 0 Å². The van der Waals surface area contributed by atoms with Crippen LogP contribution >= 0.6 is 0 Å². The lowest BCUT2D eigenvalue weighted by Gasteiger charge is -2.22. The molecule has 0 bridgehead atoms. The third kappa shape index (κ3) is 4.24. The normalized spacial score (nSPS) is 13.1. The molecule has 0 radical (unpaired) electrons. The maximum atomic E-state index is 9.71. The van der Waals surface area contributed by atoms with Gasteiger partial charge in [0.15, 0.2) is 0 Å². The molecule has 5 heteroatoms. The zero-order valence-corrected chi connectivity index (χ0v) is 11.1. The van der Waals surface area contributed by atoms with E-state index < -0.39 is 6.10 Å². The van der Waals surface area contributed by atoms with Crippen LogP contribution in [0.2, 0.25) is 0 Å². The Balaban J connectivity index is 2.00. The first-order chi connectivity index (χ1) is 9.17. The number of furan rings is 2. The van der Waals surface area contributed by atoms with E-state index in [2.05, 4.69) is 4.90 Å². The van der Waals surface area contributed by atoms with Crippen molar-refractivity contribution in [1.82, 2.24) is 4.90 Å². The largest absolute Gasteiger partial charge is 0.468 e. The van der Waals surface area contributed by atoms with Gasteiger partial charge in [-0.15, -0.1) is 0 Å². The fourth-order valence-corrected chi connectivity index (χ4v) is 1.97. The molecule has 3 N–H and O–H groups in total. The van der Waals surface area contributed by atoms with Crippen LogP contribution < -0.4 is 5.73 Å². The van der Waals surface area contributed by atoms with Crippen molar-refractivity contribution in [3.8, 4) is 0 Å². The molecule has 1 unspecified atom stereocenters. The van der Waals surface area contributed by atoms with Crippen molar-refractivity contribution in [3.63, 3.8) is 0 Å². The van der Waals surface area contributed by atoms with Gasteiger partial charge in [0.1, 0.15) is 17.3 Å². The average Bonchev–Trinajstić information content (AvgIpc) is 3.01. The molecule has 104 valence electrons. The lowest BCUT2D eigenvalue weighted by atomic mass is 10.3. The smallest absolute Gasteiger partial charge is 0.118 e. The van der Waals surface area contributed by atoms with Crippen molar-refractivity contribution in [2.75, 3.05) is 13.1 Å². The van der Waals surface area contributed by atoms with Crippen LogP contribution in [0, 0.1) is 6.92 Å². The molecule has 0 saturated heterocycles. The highest BCUT2D eigenvalue weighted by Crippen LogP contribution is 2.13. The molecule has 0 spiro atoms. The third-order valence-electron chi connectivity index (χ3n) is 2.88. The second-order valence-electron chi connectivity index (χ2n) is 4.65. The molecule has 0 amide bonds. The zero-order chi connectivity index (χ0) is 13.7. The first-order valence-electron chi connectivity index (χ1n) is 6.35. The Kier molecular flexibility index (Phi) is 4.79. The molecular weight excluding hydrogens is 244 g/mol. The number of aryl methyl sites for hydroxylation is 1. The van der Waals surface area contributed by atoms with Crippen LogP contribution in [0.4, 0.5) is 0 Å². The minimum absolute atomic E-state index is 0.242. The van der Waals surface area contributed by atoms with Gasteiger partial charge in [-0.2, -0.15) is 0 Å². The van der Waals surface area contributed by atoms with Gasteiger partial charge in [0.25, 0.3) is 0 Å². The average molecular weight is 264 g/mol.